The lowest BCUT2D eigenvalue weighted by atomic mass is 9.94. The van der Waals surface area contributed by atoms with E-state index in [1.54, 1.807) is 0 Å². The summed E-state index contributed by atoms with van der Waals surface area (Å²) < 4.78 is 0. The van der Waals surface area contributed by atoms with Crippen LogP contribution < -0.4 is 5.32 Å². The van der Waals surface area contributed by atoms with Crippen molar-refractivity contribution in [2.24, 2.45) is 11.8 Å². The predicted octanol–water partition coefficient (Wildman–Crippen LogP) is 2.88. The number of nitrogens with one attached hydrogen (secondary N) is 1. The van der Waals surface area contributed by atoms with Gasteiger partial charge in [-0.2, -0.15) is 0 Å². The quantitative estimate of drug-likeness (QED) is 0.792. The van der Waals surface area contributed by atoms with E-state index in [9.17, 15) is 0 Å². The molecule has 2 aliphatic rings. The minimum atomic E-state index is 0.733. The topological polar surface area (TPSA) is 15.3 Å². The number of nitrogens with zero attached hydrogens (tertiary/aromatic N) is 1. The molecule has 0 bridgehead atoms. The molecular formula is C15H30N2. The van der Waals surface area contributed by atoms with Crippen LogP contribution >= 0.6 is 0 Å². The van der Waals surface area contributed by atoms with Crippen molar-refractivity contribution in [2.75, 3.05) is 13.1 Å². The summed E-state index contributed by atoms with van der Waals surface area (Å²) in [5, 5.41) is 3.75. The molecule has 17 heavy (non-hydrogen) atoms. The summed E-state index contributed by atoms with van der Waals surface area (Å²) in [5.74, 6) is 1.77. The third-order valence-corrected chi connectivity index (χ3v) is 4.71. The van der Waals surface area contributed by atoms with Crippen molar-refractivity contribution in [1.82, 2.24) is 10.2 Å². The van der Waals surface area contributed by atoms with Crippen molar-refractivity contribution in [3.05, 3.63) is 0 Å². The van der Waals surface area contributed by atoms with Gasteiger partial charge in [-0.25, -0.2) is 0 Å². The van der Waals surface area contributed by atoms with E-state index in [4.69, 9.17) is 0 Å². The largest absolute Gasteiger partial charge is 0.311 e. The van der Waals surface area contributed by atoms with E-state index in [-0.39, 0.29) is 0 Å². The summed E-state index contributed by atoms with van der Waals surface area (Å²) in [6.07, 6.45) is 5.57. The zero-order valence-electron chi connectivity index (χ0n) is 12.1. The average Bonchev–Trinajstić information content (AvgIpc) is 3.12. The smallest absolute Gasteiger partial charge is 0.0247 e. The molecule has 1 aliphatic heterocycles. The van der Waals surface area contributed by atoms with E-state index < -0.39 is 0 Å². The predicted molar refractivity (Wildman–Crippen MR) is 74.2 cm³/mol. The van der Waals surface area contributed by atoms with Gasteiger partial charge in [-0.3, -0.25) is 4.90 Å². The normalized spacial score (nSPS) is 33.0. The third-order valence-electron chi connectivity index (χ3n) is 4.71. The Labute approximate surface area is 107 Å². The minimum Gasteiger partial charge on any atom is -0.311 e. The highest BCUT2D eigenvalue weighted by molar-refractivity contribution is 4.94. The number of hydrogen-bond acceptors (Lipinski definition) is 2. The molecule has 1 saturated heterocycles. The fourth-order valence-electron chi connectivity index (χ4n) is 3.34. The van der Waals surface area contributed by atoms with E-state index in [1.165, 1.54) is 38.8 Å². The van der Waals surface area contributed by atoms with Crippen LogP contribution in [-0.2, 0) is 0 Å². The van der Waals surface area contributed by atoms with Crippen molar-refractivity contribution in [3.8, 4) is 0 Å². The molecule has 0 aromatic rings. The molecule has 2 nitrogen and oxygen atoms in total. The van der Waals surface area contributed by atoms with E-state index in [1.807, 2.05) is 0 Å². The van der Waals surface area contributed by atoms with Crippen LogP contribution in [0.5, 0.6) is 0 Å². The Morgan fingerprint density at radius 2 is 1.94 bits per heavy atom. The third kappa shape index (κ3) is 3.23. The molecule has 100 valence electrons. The Bertz CT molecular complexity index is 235. The molecule has 0 amide bonds. The second kappa shape index (κ2) is 5.71. The maximum absolute atomic E-state index is 3.75. The first-order chi connectivity index (χ1) is 8.13. The highest BCUT2D eigenvalue weighted by atomic mass is 15.3. The maximum Gasteiger partial charge on any atom is 0.0247 e. The van der Waals surface area contributed by atoms with Gasteiger partial charge < -0.3 is 5.32 Å². The number of piperazine rings is 1. The van der Waals surface area contributed by atoms with Crippen LogP contribution in [0.1, 0.15) is 53.4 Å². The van der Waals surface area contributed by atoms with Gasteiger partial charge in [0, 0.05) is 31.2 Å². The standard InChI is InChI=1S/C15H30N2/c1-5-6-14-10-17(12(4)13-7-8-13)15(9-16-14)11(2)3/h11-16H,5-10H2,1-4H3. The monoisotopic (exact) mass is 238 g/mol. The lowest BCUT2D eigenvalue weighted by Crippen LogP contribution is -2.60. The molecule has 2 heteroatoms. The molecule has 1 heterocycles. The van der Waals surface area contributed by atoms with Crippen molar-refractivity contribution in [3.63, 3.8) is 0 Å². The number of rotatable bonds is 5. The zero-order valence-corrected chi connectivity index (χ0v) is 12.1. The van der Waals surface area contributed by atoms with E-state index in [0.717, 1.165) is 30.0 Å². The van der Waals surface area contributed by atoms with Crippen molar-refractivity contribution >= 4 is 0 Å². The van der Waals surface area contributed by atoms with Crippen molar-refractivity contribution in [2.45, 2.75) is 71.5 Å². The van der Waals surface area contributed by atoms with Gasteiger partial charge in [-0.15, -0.1) is 0 Å². The van der Waals surface area contributed by atoms with E-state index in [0.29, 0.717) is 0 Å². The van der Waals surface area contributed by atoms with Crippen LogP contribution in [0, 0.1) is 11.8 Å². The molecule has 3 unspecified atom stereocenters. The zero-order chi connectivity index (χ0) is 12.4. The summed E-state index contributed by atoms with van der Waals surface area (Å²) in [7, 11) is 0. The Kier molecular flexibility index (Phi) is 4.48. The highest BCUT2D eigenvalue weighted by Crippen LogP contribution is 2.37. The first-order valence-corrected chi connectivity index (χ1v) is 7.62. The molecule has 2 rings (SSSR count). The molecule has 0 aromatic heterocycles. The fraction of sp³-hybridized carbons (Fsp3) is 1.00. The van der Waals surface area contributed by atoms with Crippen molar-refractivity contribution in [1.29, 1.82) is 0 Å². The van der Waals surface area contributed by atoms with Crippen LogP contribution in [0.3, 0.4) is 0 Å². The van der Waals surface area contributed by atoms with Crippen molar-refractivity contribution < 1.29 is 0 Å². The minimum absolute atomic E-state index is 0.733. The van der Waals surface area contributed by atoms with Crippen LogP contribution in [0.15, 0.2) is 0 Å². The Hall–Kier alpha value is -0.0800. The summed E-state index contributed by atoms with van der Waals surface area (Å²) in [4.78, 5) is 2.82. The SMILES string of the molecule is CCCC1CN(C(C)C2CC2)C(C(C)C)CN1. The molecule has 0 radical (unpaired) electrons. The maximum atomic E-state index is 3.75. The molecule has 3 atom stereocenters. The average molecular weight is 238 g/mol. The summed E-state index contributed by atoms with van der Waals surface area (Å²) >= 11 is 0. The molecule has 0 spiro atoms. The van der Waals surface area contributed by atoms with E-state index >= 15 is 0 Å². The first-order valence-electron chi connectivity index (χ1n) is 7.62. The number of hydrogen-bond donors (Lipinski definition) is 1. The van der Waals surface area contributed by atoms with Crippen LogP contribution in [0.25, 0.3) is 0 Å². The highest BCUT2D eigenvalue weighted by Gasteiger charge is 2.38. The lowest BCUT2D eigenvalue weighted by Gasteiger charge is -2.46. The van der Waals surface area contributed by atoms with Crippen LogP contribution in [-0.4, -0.2) is 36.1 Å². The molecular weight excluding hydrogens is 208 g/mol. The fourth-order valence-corrected chi connectivity index (χ4v) is 3.34. The summed E-state index contributed by atoms with van der Waals surface area (Å²) in [5.41, 5.74) is 0. The Morgan fingerprint density at radius 1 is 1.24 bits per heavy atom. The van der Waals surface area contributed by atoms with Crippen LogP contribution in [0.2, 0.25) is 0 Å². The van der Waals surface area contributed by atoms with Gasteiger partial charge >= 0.3 is 0 Å². The van der Waals surface area contributed by atoms with Gasteiger partial charge in [-0.05, 0) is 38.0 Å². The first kappa shape index (κ1) is 13.4. The molecule has 1 aliphatic carbocycles. The van der Waals surface area contributed by atoms with Gasteiger partial charge in [0.2, 0.25) is 0 Å². The summed E-state index contributed by atoms with van der Waals surface area (Å²) in [6.45, 7) is 12.0. The molecule has 1 N–H and O–H groups in total. The second-order valence-electron chi connectivity index (χ2n) is 6.48. The molecule has 2 fully saturated rings. The second-order valence-corrected chi connectivity index (χ2v) is 6.48. The Morgan fingerprint density at radius 3 is 2.47 bits per heavy atom. The van der Waals surface area contributed by atoms with E-state index in [2.05, 4.69) is 37.9 Å². The molecule has 1 saturated carbocycles. The molecule has 0 aromatic carbocycles. The summed E-state index contributed by atoms with van der Waals surface area (Å²) in [6, 6.07) is 2.29. The lowest BCUT2D eigenvalue weighted by molar-refractivity contribution is 0.0516. The van der Waals surface area contributed by atoms with Gasteiger partial charge in [0.1, 0.15) is 0 Å². The van der Waals surface area contributed by atoms with Crippen LogP contribution in [0.4, 0.5) is 0 Å². The van der Waals surface area contributed by atoms with Gasteiger partial charge in [-0.1, -0.05) is 27.2 Å². The van der Waals surface area contributed by atoms with Gasteiger partial charge in [0.05, 0.1) is 0 Å². The van der Waals surface area contributed by atoms with Gasteiger partial charge in [0.15, 0.2) is 0 Å². The Balaban J connectivity index is 1.98. The van der Waals surface area contributed by atoms with Gasteiger partial charge in [0.25, 0.3) is 0 Å².